The van der Waals surface area contributed by atoms with Crippen LogP contribution in [0.4, 0.5) is 0 Å². The van der Waals surface area contributed by atoms with Crippen LogP contribution in [-0.2, 0) is 25.4 Å². The molecule has 1 aliphatic rings. The minimum absolute atomic E-state index is 0.0282. The number of methoxy groups -OCH3 is 1. The number of rotatable bonds is 7. The molecular weight excluding hydrogens is 383 g/mol. The molecule has 0 spiro atoms. The second-order valence-electron chi connectivity index (χ2n) is 8.51. The number of benzene rings is 2. The lowest BCUT2D eigenvalue weighted by Crippen LogP contribution is -2.41. The highest BCUT2D eigenvalue weighted by Gasteiger charge is 2.54. The Morgan fingerprint density at radius 1 is 1.07 bits per heavy atom. The Kier molecular flexibility index (Phi) is 6.43. The van der Waals surface area contributed by atoms with Crippen LogP contribution in [0, 0.1) is 0 Å². The highest BCUT2D eigenvalue weighted by molar-refractivity contribution is 6.48. The van der Waals surface area contributed by atoms with Crippen molar-refractivity contribution in [1.82, 2.24) is 0 Å². The topological polar surface area (TPSA) is 74.2 Å². The molecule has 1 atom stereocenters. The van der Waals surface area contributed by atoms with Gasteiger partial charge in [0.2, 0.25) is 0 Å². The molecule has 1 fully saturated rings. The zero-order valence-electron chi connectivity index (χ0n) is 18.2. The molecule has 3 rings (SSSR count). The van der Waals surface area contributed by atoms with Crippen molar-refractivity contribution in [2.75, 3.05) is 7.11 Å². The van der Waals surface area contributed by atoms with Crippen molar-refractivity contribution in [2.24, 2.45) is 0 Å². The monoisotopic (exact) mass is 412 g/mol. The number of phenols is 1. The Morgan fingerprint density at radius 2 is 1.70 bits per heavy atom. The fourth-order valence-electron chi connectivity index (χ4n) is 3.30. The third-order valence-corrected chi connectivity index (χ3v) is 5.86. The fourth-order valence-corrected chi connectivity index (χ4v) is 3.30. The minimum Gasteiger partial charge on any atom is -0.504 e. The maximum absolute atomic E-state index is 12.1. The van der Waals surface area contributed by atoms with Gasteiger partial charge in [-0.25, -0.2) is 0 Å². The fraction of sp³-hybridized carbons (Fsp3) is 0.435. The second kappa shape index (κ2) is 8.70. The molecule has 0 saturated carbocycles. The lowest BCUT2D eigenvalue weighted by atomic mass is 9.66. The summed E-state index contributed by atoms with van der Waals surface area (Å²) in [6.45, 7) is 8.18. The highest BCUT2D eigenvalue weighted by Crippen LogP contribution is 2.43. The summed E-state index contributed by atoms with van der Waals surface area (Å²) in [5, 5.41) is 10.3. The predicted octanol–water partition coefficient (Wildman–Crippen LogP) is 4.25. The molecule has 0 aliphatic carbocycles. The quantitative estimate of drug-likeness (QED) is 0.542. The number of esters is 1. The first kappa shape index (κ1) is 22.2. The van der Waals surface area contributed by atoms with E-state index in [1.807, 2.05) is 58.0 Å². The number of hydrogen-bond acceptors (Lipinski definition) is 6. The molecule has 160 valence electrons. The predicted molar refractivity (Wildman–Crippen MR) is 114 cm³/mol. The number of carbonyl (C=O) groups excluding carboxylic acids is 1. The van der Waals surface area contributed by atoms with Crippen molar-refractivity contribution in [2.45, 2.75) is 57.7 Å². The first-order valence-electron chi connectivity index (χ1n) is 10.0. The average molecular weight is 412 g/mol. The molecule has 6 nitrogen and oxygen atoms in total. The zero-order chi connectivity index (χ0) is 21.9. The zero-order valence-corrected chi connectivity index (χ0v) is 18.2. The maximum Gasteiger partial charge on any atom is 0.466 e. The lowest BCUT2D eigenvalue weighted by Gasteiger charge is -2.32. The molecule has 0 bridgehead atoms. The van der Waals surface area contributed by atoms with E-state index < -0.39 is 24.1 Å². The van der Waals surface area contributed by atoms with E-state index in [1.165, 1.54) is 7.11 Å². The molecule has 1 aliphatic heterocycles. The Morgan fingerprint density at radius 3 is 2.30 bits per heavy atom. The first-order chi connectivity index (χ1) is 14.1. The average Bonchev–Trinajstić information content (AvgIpc) is 2.93. The van der Waals surface area contributed by atoms with Gasteiger partial charge in [-0.15, -0.1) is 0 Å². The van der Waals surface area contributed by atoms with Crippen molar-refractivity contribution in [3.63, 3.8) is 0 Å². The van der Waals surface area contributed by atoms with E-state index in [1.54, 1.807) is 18.2 Å². The van der Waals surface area contributed by atoms with Gasteiger partial charge in [-0.3, -0.25) is 4.79 Å². The Balaban J connectivity index is 1.87. The Hall–Kier alpha value is -2.51. The molecule has 1 unspecified atom stereocenters. The molecule has 2 aromatic carbocycles. The van der Waals surface area contributed by atoms with Gasteiger partial charge < -0.3 is 23.9 Å². The molecule has 30 heavy (non-hydrogen) atoms. The van der Waals surface area contributed by atoms with E-state index in [-0.39, 0.29) is 18.1 Å². The third kappa shape index (κ3) is 4.79. The number of ether oxygens (including phenoxy) is 2. The largest absolute Gasteiger partial charge is 0.504 e. The van der Waals surface area contributed by atoms with Gasteiger partial charge in [-0.05, 0) is 51.0 Å². The maximum atomic E-state index is 12.1. The minimum atomic E-state index is -0.638. The second-order valence-corrected chi connectivity index (χ2v) is 8.51. The van der Waals surface area contributed by atoms with E-state index in [0.717, 1.165) is 11.1 Å². The van der Waals surface area contributed by atoms with Gasteiger partial charge in [0, 0.05) is 5.82 Å². The smallest absolute Gasteiger partial charge is 0.466 e. The summed E-state index contributed by atoms with van der Waals surface area (Å²) in [6, 6.07) is 14.7. The molecule has 2 aromatic rings. The van der Waals surface area contributed by atoms with Crippen LogP contribution in [0.3, 0.4) is 0 Å². The van der Waals surface area contributed by atoms with Gasteiger partial charge in [-0.1, -0.05) is 36.4 Å². The van der Waals surface area contributed by atoms with Crippen LogP contribution >= 0.6 is 0 Å². The SMILES string of the molecule is COC(=O)CC(B1OC(C)(C)C(C)(C)O1)c1ccc(O)c(OCc2ccccc2)c1. The van der Waals surface area contributed by atoms with Gasteiger partial charge in [0.1, 0.15) is 6.61 Å². The van der Waals surface area contributed by atoms with Crippen LogP contribution in [0.5, 0.6) is 11.5 Å². The van der Waals surface area contributed by atoms with Crippen LogP contribution in [-0.4, -0.2) is 36.5 Å². The molecule has 0 amide bonds. The molecule has 1 N–H and O–H groups in total. The van der Waals surface area contributed by atoms with Gasteiger partial charge in [0.15, 0.2) is 11.5 Å². The first-order valence-corrected chi connectivity index (χ1v) is 10.0. The van der Waals surface area contributed by atoms with Crippen molar-refractivity contribution < 1.29 is 28.7 Å². The van der Waals surface area contributed by atoms with Crippen LogP contribution in [0.2, 0.25) is 0 Å². The van der Waals surface area contributed by atoms with Crippen molar-refractivity contribution in [3.8, 4) is 11.5 Å². The summed E-state index contributed by atoms with van der Waals surface area (Å²) in [6.07, 6.45) is 0.0796. The van der Waals surface area contributed by atoms with Gasteiger partial charge in [-0.2, -0.15) is 0 Å². The van der Waals surface area contributed by atoms with E-state index in [9.17, 15) is 9.90 Å². The van der Waals surface area contributed by atoms with Gasteiger partial charge >= 0.3 is 13.1 Å². The standard InChI is InChI=1S/C23H29BO6/c1-22(2)23(3,4)30-24(29-22)18(14-21(26)27-5)17-11-12-19(25)20(13-17)28-15-16-9-7-6-8-10-16/h6-13,18,25H,14-15H2,1-5H3. The van der Waals surface area contributed by atoms with Crippen LogP contribution < -0.4 is 4.74 Å². The number of phenolic OH excluding ortho intramolecular Hbond substituents is 1. The van der Waals surface area contributed by atoms with E-state index in [2.05, 4.69) is 0 Å². The van der Waals surface area contributed by atoms with Crippen LogP contribution in [0.25, 0.3) is 0 Å². The normalized spacial score (nSPS) is 18.1. The Labute approximate surface area is 178 Å². The van der Waals surface area contributed by atoms with Gasteiger partial charge in [0.05, 0.1) is 24.7 Å². The molecule has 1 heterocycles. The summed E-state index contributed by atoms with van der Waals surface area (Å²) in [4.78, 5) is 12.1. The number of carbonyl (C=O) groups is 1. The molecule has 1 saturated heterocycles. The molecular formula is C23H29BO6. The summed E-state index contributed by atoms with van der Waals surface area (Å²) in [5.74, 6) is -0.420. The van der Waals surface area contributed by atoms with Crippen LogP contribution in [0.15, 0.2) is 48.5 Å². The summed E-state index contributed by atoms with van der Waals surface area (Å²) in [7, 11) is 0.718. The highest BCUT2D eigenvalue weighted by atomic mass is 16.7. The molecule has 7 heteroatoms. The van der Waals surface area contributed by atoms with Crippen LogP contribution in [0.1, 0.15) is 51.1 Å². The molecule has 0 radical (unpaired) electrons. The lowest BCUT2D eigenvalue weighted by molar-refractivity contribution is -0.140. The summed E-state index contributed by atoms with van der Waals surface area (Å²) < 4.78 is 23.1. The van der Waals surface area contributed by atoms with E-state index in [0.29, 0.717) is 12.4 Å². The number of aromatic hydroxyl groups is 1. The van der Waals surface area contributed by atoms with Crippen molar-refractivity contribution in [3.05, 3.63) is 59.7 Å². The van der Waals surface area contributed by atoms with E-state index >= 15 is 0 Å². The Bertz CT molecular complexity index is 865. The van der Waals surface area contributed by atoms with Crippen molar-refractivity contribution in [1.29, 1.82) is 0 Å². The molecule has 0 aromatic heterocycles. The van der Waals surface area contributed by atoms with Crippen molar-refractivity contribution >= 4 is 13.1 Å². The summed E-state index contributed by atoms with van der Waals surface area (Å²) in [5.41, 5.74) is 0.685. The summed E-state index contributed by atoms with van der Waals surface area (Å²) >= 11 is 0. The van der Waals surface area contributed by atoms with Gasteiger partial charge in [0.25, 0.3) is 0 Å². The third-order valence-electron chi connectivity index (χ3n) is 5.86. The number of hydrogen-bond donors (Lipinski definition) is 1. The van der Waals surface area contributed by atoms with E-state index in [4.69, 9.17) is 18.8 Å².